The molecular weight excluding hydrogens is 350 g/mol. The van der Waals surface area contributed by atoms with E-state index in [4.69, 9.17) is 0 Å². The summed E-state index contributed by atoms with van der Waals surface area (Å²) in [6, 6.07) is 13.3. The van der Waals surface area contributed by atoms with Gasteiger partial charge in [-0.1, -0.05) is 52.3 Å². The van der Waals surface area contributed by atoms with E-state index in [1.807, 2.05) is 43.3 Å². The molecule has 0 heterocycles. The molecule has 5 heteroatoms. The number of aryl methyl sites for hydroxylation is 2. The number of rotatable bonds is 5. The van der Waals surface area contributed by atoms with Crippen LogP contribution < -0.4 is 4.72 Å². The van der Waals surface area contributed by atoms with Crippen molar-refractivity contribution < 1.29 is 8.42 Å². The maximum atomic E-state index is 12.4. The molecule has 21 heavy (non-hydrogen) atoms. The van der Waals surface area contributed by atoms with Crippen LogP contribution in [0.25, 0.3) is 0 Å². The zero-order valence-electron chi connectivity index (χ0n) is 12.1. The maximum absolute atomic E-state index is 12.4. The predicted octanol–water partition coefficient (Wildman–Crippen LogP) is 3.68. The summed E-state index contributed by atoms with van der Waals surface area (Å²) >= 11 is 3.39. The number of hydrogen-bond acceptors (Lipinski definition) is 2. The van der Waals surface area contributed by atoms with Gasteiger partial charge in [0, 0.05) is 11.9 Å². The van der Waals surface area contributed by atoms with Gasteiger partial charge in [-0.05, 0) is 42.2 Å². The van der Waals surface area contributed by atoms with E-state index in [0.29, 0.717) is 4.90 Å². The average molecular weight is 368 g/mol. The molecule has 0 aromatic heterocycles. The average Bonchev–Trinajstić information content (AvgIpc) is 2.48. The quantitative estimate of drug-likeness (QED) is 0.819. The van der Waals surface area contributed by atoms with Gasteiger partial charge in [-0.2, -0.15) is 0 Å². The van der Waals surface area contributed by atoms with Gasteiger partial charge in [-0.15, -0.1) is 0 Å². The highest BCUT2D eigenvalue weighted by Gasteiger charge is 2.16. The van der Waals surface area contributed by atoms with Crippen molar-refractivity contribution in [2.24, 2.45) is 0 Å². The fourth-order valence-corrected chi connectivity index (χ4v) is 3.72. The normalized spacial score (nSPS) is 11.6. The van der Waals surface area contributed by atoms with Crippen LogP contribution in [0, 0.1) is 13.8 Å². The van der Waals surface area contributed by atoms with Crippen LogP contribution in [0.5, 0.6) is 0 Å². The Balaban J connectivity index is 2.15. The standard InChI is InChI=1S/C16H18BrNO2S/c1-12-3-4-13(2)16(9-12)21(19,20)18-11-15-7-5-14(10-17)6-8-15/h3-9,18H,10-11H2,1-2H3. The second-order valence-electron chi connectivity index (χ2n) is 5.04. The zero-order chi connectivity index (χ0) is 15.5. The lowest BCUT2D eigenvalue weighted by molar-refractivity contribution is 0.580. The van der Waals surface area contributed by atoms with E-state index in [1.54, 1.807) is 13.0 Å². The number of alkyl halides is 1. The molecule has 0 aliphatic carbocycles. The van der Waals surface area contributed by atoms with Crippen LogP contribution in [-0.4, -0.2) is 8.42 Å². The van der Waals surface area contributed by atoms with Gasteiger partial charge in [0.2, 0.25) is 10.0 Å². The Bertz CT molecular complexity index is 724. The summed E-state index contributed by atoms with van der Waals surface area (Å²) in [5.74, 6) is 0. The summed E-state index contributed by atoms with van der Waals surface area (Å²) in [5.41, 5.74) is 3.79. The minimum Gasteiger partial charge on any atom is -0.207 e. The Labute approximate surface area is 134 Å². The van der Waals surface area contributed by atoms with E-state index < -0.39 is 10.0 Å². The molecule has 0 atom stereocenters. The van der Waals surface area contributed by atoms with Gasteiger partial charge in [-0.25, -0.2) is 13.1 Å². The summed E-state index contributed by atoms with van der Waals surface area (Å²) < 4.78 is 27.4. The van der Waals surface area contributed by atoms with E-state index >= 15 is 0 Å². The van der Waals surface area contributed by atoms with Crippen molar-refractivity contribution in [3.63, 3.8) is 0 Å². The van der Waals surface area contributed by atoms with Crippen molar-refractivity contribution in [1.29, 1.82) is 0 Å². The Morgan fingerprint density at radius 3 is 2.24 bits per heavy atom. The minimum atomic E-state index is -3.49. The maximum Gasteiger partial charge on any atom is 0.241 e. The molecule has 0 aliphatic rings. The van der Waals surface area contributed by atoms with Crippen LogP contribution >= 0.6 is 15.9 Å². The zero-order valence-corrected chi connectivity index (χ0v) is 14.5. The highest BCUT2D eigenvalue weighted by atomic mass is 79.9. The van der Waals surface area contributed by atoms with Gasteiger partial charge < -0.3 is 0 Å². The van der Waals surface area contributed by atoms with Gasteiger partial charge in [0.1, 0.15) is 0 Å². The van der Waals surface area contributed by atoms with Crippen LogP contribution in [0.3, 0.4) is 0 Å². The molecule has 0 amide bonds. The molecule has 1 N–H and O–H groups in total. The number of sulfonamides is 1. The first-order valence-corrected chi connectivity index (χ1v) is 9.23. The number of benzene rings is 2. The van der Waals surface area contributed by atoms with E-state index in [2.05, 4.69) is 20.7 Å². The van der Waals surface area contributed by atoms with Crippen molar-refractivity contribution >= 4 is 26.0 Å². The molecule has 0 fully saturated rings. The molecule has 2 aromatic carbocycles. The van der Waals surface area contributed by atoms with Crippen LogP contribution in [0.4, 0.5) is 0 Å². The minimum absolute atomic E-state index is 0.290. The molecule has 0 aliphatic heterocycles. The first-order valence-electron chi connectivity index (χ1n) is 6.63. The highest BCUT2D eigenvalue weighted by Crippen LogP contribution is 2.17. The van der Waals surface area contributed by atoms with Crippen molar-refractivity contribution in [3.8, 4) is 0 Å². The number of halogens is 1. The third kappa shape index (κ3) is 4.15. The largest absolute Gasteiger partial charge is 0.241 e. The molecule has 2 rings (SSSR count). The van der Waals surface area contributed by atoms with E-state index in [0.717, 1.165) is 27.6 Å². The second-order valence-corrected chi connectivity index (χ2v) is 7.34. The van der Waals surface area contributed by atoms with Gasteiger partial charge in [-0.3, -0.25) is 0 Å². The first kappa shape index (κ1) is 16.2. The van der Waals surface area contributed by atoms with Gasteiger partial charge in [0.15, 0.2) is 0 Å². The topological polar surface area (TPSA) is 46.2 Å². The molecule has 112 valence electrons. The number of hydrogen-bond donors (Lipinski definition) is 1. The van der Waals surface area contributed by atoms with Gasteiger partial charge in [0.25, 0.3) is 0 Å². The SMILES string of the molecule is Cc1ccc(C)c(S(=O)(=O)NCc2ccc(CBr)cc2)c1. The first-order chi connectivity index (χ1) is 9.92. The van der Waals surface area contributed by atoms with E-state index in [-0.39, 0.29) is 6.54 Å². The fraction of sp³-hybridized carbons (Fsp3) is 0.250. The monoisotopic (exact) mass is 367 g/mol. The van der Waals surface area contributed by atoms with Gasteiger partial charge in [0.05, 0.1) is 4.90 Å². The predicted molar refractivity (Wildman–Crippen MR) is 89.0 cm³/mol. The molecule has 0 bridgehead atoms. The Morgan fingerprint density at radius 2 is 1.62 bits per heavy atom. The lowest BCUT2D eigenvalue weighted by Gasteiger charge is -2.10. The van der Waals surface area contributed by atoms with Crippen molar-refractivity contribution in [2.75, 3.05) is 0 Å². The summed E-state index contributed by atoms with van der Waals surface area (Å²) in [6.07, 6.45) is 0. The van der Waals surface area contributed by atoms with Crippen LogP contribution in [0.1, 0.15) is 22.3 Å². The van der Waals surface area contributed by atoms with Crippen molar-refractivity contribution in [2.45, 2.75) is 30.6 Å². The summed E-state index contributed by atoms with van der Waals surface area (Å²) in [4.78, 5) is 0.347. The Kier molecular flexibility index (Phi) is 5.19. The third-order valence-corrected chi connectivity index (χ3v) is 5.47. The lowest BCUT2D eigenvalue weighted by atomic mass is 10.2. The second kappa shape index (κ2) is 6.73. The smallest absolute Gasteiger partial charge is 0.207 e. The third-order valence-electron chi connectivity index (χ3n) is 3.28. The molecule has 0 unspecified atom stereocenters. The molecule has 0 spiro atoms. The van der Waals surface area contributed by atoms with E-state index in [9.17, 15) is 8.42 Å². The summed E-state index contributed by atoms with van der Waals surface area (Å²) in [7, 11) is -3.49. The van der Waals surface area contributed by atoms with E-state index in [1.165, 1.54) is 0 Å². The molecule has 0 saturated heterocycles. The summed E-state index contributed by atoms with van der Waals surface area (Å²) in [5, 5.41) is 0.793. The Hall–Kier alpha value is -1.17. The van der Waals surface area contributed by atoms with Crippen molar-refractivity contribution in [1.82, 2.24) is 4.72 Å². The lowest BCUT2D eigenvalue weighted by Crippen LogP contribution is -2.24. The van der Waals surface area contributed by atoms with Gasteiger partial charge >= 0.3 is 0 Å². The van der Waals surface area contributed by atoms with Crippen molar-refractivity contribution in [3.05, 3.63) is 64.7 Å². The molecule has 0 saturated carbocycles. The van der Waals surface area contributed by atoms with Crippen LogP contribution in [0.15, 0.2) is 47.4 Å². The molecule has 3 nitrogen and oxygen atoms in total. The molecular formula is C16H18BrNO2S. The molecule has 0 radical (unpaired) electrons. The fourth-order valence-electron chi connectivity index (χ4n) is 2.00. The highest BCUT2D eigenvalue weighted by molar-refractivity contribution is 9.08. The Morgan fingerprint density at radius 1 is 1.00 bits per heavy atom. The van der Waals surface area contributed by atoms with Crippen LogP contribution in [0.2, 0.25) is 0 Å². The number of nitrogens with one attached hydrogen (secondary N) is 1. The summed E-state index contributed by atoms with van der Waals surface area (Å²) in [6.45, 7) is 3.98. The van der Waals surface area contributed by atoms with Crippen LogP contribution in [-0.2, 0) is 21.9 Å². The molecule has 2 aromatic rings.